The summed E-state index contributed by atoms with van der Waals surface area (Å²) in [6.07, 6.45) is 4.54. The molecule has 0 atom stereocenters. The van der Waals surface area contributed by atoms with Crippen LogP contribution in [0.15, 0.2) is 11.7 Å². The Morgan fingerprint density at radius 2 is 2.25 bits per heavy atom. The summed E-state index contributed by atoms with van der Waals surface area (Å²) in [4.78, 5) is 8.04. The van der Waals surface area contributed by atoms with Gasteiger partial charge in [0.05, 0.1) is 5.51 Å². The fourth-order valence-corrected chi connectivity index (χ4v) is 2.91. The summed E-state index contributed by atoms with van der Waals surface area (Å²) in [5.41, 5.74) is 1.92. The van der Waals surface area contributed by atoms with Crippen LogP contribution < -0.4 is 5.32 Å². The van der Waals surface area contributed by atoms with Gasteiger partial charge in [0.25, 0.3) is 0 Å². The number of piperidine rings is 1. The summed E-state index contributed by atoms with van der Waals surface area (Å²) in [6, 6.07) is 1.33. The quantitative estimate of drug-likeness (QED) is 0.872. The highest BCUT2D eigenvalue weighted by atomic mass is 32.1. The molecule has 90 valence electrons. The Bertz CT molecular complexity index is 289. The van der Waals surface area contributed by atoms with Crippen LogP contribution in [-0.4, -0.2) is 35.1 Å². The zero-order valence-corrected chi connectivity index (χ0v) is 11.0. The number of hydrogen-bond donors (Lipinski definition) is 1. The van der Waals surface area contributed by atoms with Gasteiger partial charge in [-0.05, 0) is 12.8 Å². The minimum Gasteiger partial charge on any atom is -0.312 e. The molecule has 1 aliphatic rings. The molecular weight excluding hydrogens is 218 g/mol. The van der Waals surface area contributed by atoms with Crippen LogP contribution in [0.3, 0.4) is 0 Å². The van der Waals surface area contributed by atoms with E-state index in [1.165, 1.54) is 30.8 Å². The number of rotatable bonds is 4. The van der Waals surface area contributed by atoms with Gasteiger partial charge in [-0.15, -0.1) is 11.3 Å². The van der Waals surface area contributed by atoms with Crippen molar-refractivity contribution in [3.05, 3.63) is 16.6 Å². The van der Waals surface area contributed by atoms with E-state index < -0.39 is 0 Å². The topological polar surface area (TPSA) is 28.2 Å². The monoisotopic (exact) mass is 239 g/mol. The molecule has 4 heteroatoms. The first kappa shape index (κ1) is 12.0. The molecule has 1 aliphatic heterocycles. The summed E-state index contributed by atoms with van der Waals surface area (Å²) in [5, 5.41) is 3.62. The van der Waals surface area contributed by atoms with Gasteiger partial charge in [-0.2, -0.15) is 0 Å². The summed E-state index contributed by atoms with van der Waals surface area (Å²) >= 11 is 1.76. The van der Waals surface area contributed by atoms with Crippen LogP contribution in [0.4, 0.5) is 0 Å². The predicted octanol–water partition coefficient (Wildman–Crippen LogP) is 2.11. The van der Waals surface area contributed by atoms with Gasteiger partial charge in [-0.25, -0.2) is 0 Å². The van der Waals surface area contributed by atoms with E-state index in [-0.39, 0.29) is 0 Å². The molecule has 0 bridgehead atoms. The van der Waals surface area contributed by atoms with Crippen molar-refractivity contribution in [1.29, 1.82) is 0 Å². The second-order valence-corrected chi connectivity index (χ2v) is 5.81. The third-order valence-corrected chi connectivity index (χ3v) is 3.78. The van der Waals surface area contributed by atoms with Crippen molar-refractivity contribution in [2.75, 3.05) is 13.1 Å². The highest BCUT2D eigenvalue weighted by molar-refractivity contribution is 7.09. The fourth-order valence-electron chi connectivity index (χ4n) is 2.27. The van der Waals surface area contributed by atoms with Gasteiger partial charge in [0.1, 0.15) is 0 Å². The maximum Gasteiger partial charge on any atom is 0.0794 e. The van der Waals surface area contributed by atoms with Crippen LogP contribution >= 0.6 is 11.3 Å². The molecule has 0 amide bonds. The molecule has 1 saturated heterocycles. The lowest BCUT2D eigenvalue weighted by Crippen LogP contribution is -2.44. The molecule has 1 aromatic heterocycles. The van der Waals surface area contributed by atoms with E-state index in [1.807, 2.05) is 11.7 Å². The van der Waals surface area contributed by atoms with Crippen LogP contribution in [0.5, 0.6) is 0 Å². The number of hydrogen-bond acceptors (Lipinski definition) is 4. The number of nitrogens with one attached hydrogen (secondary N) is 1. The van der Waals surface area contributed by atoms with Crippen molar-refractivity contribution in [1.82, 2.24) is 15.2 Å². The molecule has 0 saturated carbocycles. The van der Waals surface area contributed by atoms with Gasteiger partial charge in [0, 0.05) is 42.8 Å². The molecule has 1 fully saturated rings. The fraction of sp³-hybridized carbons (Fsp3) is 0.750. The molecule has 0 radical (unpaired) electrons. The summed E-state index contributed by atoms with van der Waals surface area (Å²) in [5.74, 6) is 0. The Morgan fingerprint density at radius 3 is 2.81 bits per heavy atom. The lowest BCUT2D eigenvalue weighted by atomic mass is 10.0. The Labute approximate surface area is 102 Å². The molecule has 16 heavy (non-hydrogen) atoms. The maximum absolute atomic E-state index is 4.12. The van der Waals surface area contributed by atoms with Crippen LogP contribution in [0.1, 0.15) is 31.6 Å². The third-order valence-electron chi connectivity index (χ3n) is 3.02. The number of likely N-dealkylation sites (tertiary alicyclic amines) is 1. The second kappa shape index (κ2) is 5.75. The van der Waals surface area contributed by atoms with Crippen molar-refractivity contribution in [3.8, 4) is 0 Å². The van der Waals surface area contributed by atoms with E-state index in [0.29, 0.717) is 6.04 Å². The van der Waals surface area contributed by atoms with Crippen LogP contribution in [0.2, 0.25) is 0 Å². The highest BCUT2D eigenvalue weighted by Gasteiger charge is 2.19. The van der Waals surface area contributed by atoms with Gasteiger partial charge in [-0.1, -0.05) is 13.8 Å². The maximum atomic E-state index is 4.12. The minimum absolute atomic E-state index is 0.609. The van der Waals surface area contributed by atoms with E-state index in [4.69, 9.17) is 0 Å². The van der Waals surface area contributed by atoms with E-state index in [1.54, 1.807) is 11.3 Å². The average molecular weight is 239 g/mol. The van der Waals surface area contributed by atoms with Gasteiger partial charge < -0.3 is 5.32 Å². The first-order valence-electron chi connectivity index (χ1n) is 6.10. The molecule has 2 heterocycles. The second-order valence-electron chi connectivity index (χ2n) is 4.84. The Balaban J connectivity index is 1.73. The van der Waals surface area contributed by atoms with E-state index in [2.05, 4.69) is 29.0 Å². The van der Waals surface area contributed by atoms with Crippen molar-refractivity contribution >= 4 is 11.3 Å². The van der Waals surface area contributed by atoms with Crippen molar-refractivity contribution in [3.63, 3.8) is 0 Å². The van der Waals surface area contributed by atoms with Crippen LogP contribution in [-0.2, 0) is 6.54 Å². The normalized spacial score (nSPS) is 19.4. The molecule has 2 rings (SSSR count). The van der Waals surface area contributed by atoms with Crippen molar-refractivity contribution < 1.29 is 0 Å². The molecule has 0 aromatic carbocycles. The van der Waals surface area contributed by atoms with E-state index in [0.717, 1.165) is 12.6 Å². The van der Waals surface area contributed by atoms with Crippen molar-refractivity contribution in [2.45, 2.75) is 45.3 Å². The van der Waals surface area contributed by atoms with Gasteiger partial charge in [0.15, 0.2) is 0 Å². The summed E-state index contributed by atoms with van der Waals surface area (Å²) < 4.78 is 0. The summed E-state index contributed by atoms with van der Waals surface area (Å²) in [7, 11) is 0. The van der Waals surface area contributed by atoms with Crippen molar-refractivity contribution in [2.24, 2.45) is 0 Å². The molecule has 0 spiro atoms. The average Bonchev–Trinajstić information content (AvgIpc) is 2.73. The zero-order chi connectivity index (χ0) is 11.4. The predicted molar refractivity (Wildman–Crippen MR) is 68.7 cm³/mol. The Kier molecular flexibility index (Phi) is 4.32. The van der Waals surface area contributed by atoms with Crippen LogP contribution in [0, 0.1) is 0 Å². The molecule has 1 N–H and O–H groups in total. The first-order valence-corrected chi connectivity index (χ1v) is 6.98. The SMILES string of the molecule is CC(C)NC1CCN(Cc2cncs2)CC1. The van der Waals surface area contributed by atoms with Gasteiger partial charge in [0.2, 0.25) is 0 Å². The molecule has 0 aliphatic carbocycles. The van der Waals surface area contributed by atoms with E-state index in [9.17, 15) is 0 Å². The molecule has 3 nitrogen and oxygen atoms in total. The Morgan fingerprint density at radius 1 is 1.50 bits per heavy atom. The molecular formula is C12H21N3S. The van der Waals surface area contributed by atoms with Gasteiger partial charge >= 0.3 is 0 Å². The minimum atomic E-state index is 0.609. The first-order chi connectivity index (χ1) is 7.74. The largest absolute Gasteiger partial charge is 0.312 e. The lowest BCUT2D eigenvalue weighted by molar-refractivity contribution is 0.188. The van der Waals surface area contributed by atoms with E-state index >= 15 is 0 Å². The summed E-state index contributed by atoms with van der Waals surface area (Å²) in [6.45, 7) is 7.96. The smallest absolute Gasteiger partial charge is 0.0794 e. The Hall–Kier alpha value is -0.450. The number of aromatic nitrogens is 1. The molecule has 0 unspecified atom stereocenters. The molecule has 1 aromatic rings. The number of thiazole rings is 1. The zero-order valence-electron chi connectivity index (χ0n) is 10.1. The highest BCUT2D eigenvalue weighted by Crippen LogP contribution is 2.15. The third kappa shape index (κ3) is 3.54. The van der Waals surface area contributed by atoms with Crippen LogP contribution in [0.25, 0.3) is 0 Å². The van der Waals surface area contributed by atoms with Gasteiger partial charge in [-0.3, -0.25) is 9.88 Å². The standard InChI is InChI=1S/C12H21N3S/c1-10(2)14-11-3-5-15(6-4-11)8-12-7-13-9-16-12/h7,9-11,14H,3-6,8H2,1-2H3. The lowest BCUT2D eigenvalue weighted by Gasteiger charge is -2.33. The number of nitrogens with zero attached hydrogens (tertiary/aromatic N) is 2.